The summed E-state index contributed by atoms with van der Waals surface area (Å²) in [5.41, 5.74) is 7.48. The Labute approximate surface area is 163 Å². The molecule has 0 aliphatic heterocycles. The van der Waals surface area contributed by atoms with Gasteiger partial charge in [0.05, 0.1) is 11.6 Å². The van der Waals surface area contributed by atoms with E-state index in [0.29, 0.717) is 27.8 Å². The van der Waals surface area contributed by atoms with Crippen LogP contribution in [0, 0.1) is 5.92 Å². The number of amides is 2. The molecule has 0 aliphatic carbocycles. The van der Waals surface area contributed by atoms with Gasteiger partial charge in [0.2, 0.25) is 11.8 Å². The van der Waals surface area contributed by atoms with Crippen molar-refractivity contribution in [3.8, 4) is 0 Å². The molecule has 0 aromatic heterocycles. The second kappa shape index (κ2) is 8.56. The van der Waals surface area contributed by atoms with Gasteiger partial charge in [0.25, 0.3) is 0 Å². The first-order valence-electron chi connectivity index (χ1n) is 8.44. The van der Waals surface area contributed by atoms with Crippen LogP contribution < -0.4 is 10.6 Å². The van der Waals surface area contributed by atoms with Gasteiger partial charge >= 0.3 is 0 Å². The molecule has 2 amide bonds. The lowest BCUT2D eigenvalue weighted by atomic mass is 9.97. The Hall–Kier alpha value is -2.04. The van der Waals surface area contributed by atoms with Gasteiger partial charge in [0.1, 0.15) is 0 Å². The molecule has 2 atom stereocenters. The van der Waals surface area contributed by atoms with E-state index in [1.54, 1.807) is 56.3 Å². The van der Waals surface area contributed by atoms with E-state index < -0.39 is 5.92 Å². The molecule has 138 valence electrons. The number of nitrogens with zero attached hydrogens (tertiary/aromatic N) is 1. The molecule has 2 N–H and O–H groups in total. The summed E-state index contributed by atoms with van der Waals surface area (Å²) in [5.74, 6) is -1.45. The van der Waals surface area contributed by atoms with Gasteiger partial charge in [-0.05, 0) is 49.2 Å². The quantitative estimate of drug-likeness (QED) is 0.703. The summed E-state index contributed by atoms with van der Waals surface area (Å²) >= 11 is 12.2. The fraction of sp³-hybridized carbons (Fsp3) is 0.300. The zero-order chi connectivity index (χ0) is 19.4. The van der Waals surface area contributed by atoms with Crippen LogP contribution >= 0.6 is 23.2 Å². The van der Waals surface area contributed by atoms with Crippen LogP contribution in [0.4, 0.5) is 11.4 Å². The number of benzene rings is 2. The largest absolute Gasteiger partial charge is 0.399 e. The number of nitrogens with two attached hydrogens (primary N) is 1. The van der Waals surface area contributed by atoms with Crippen molar-refractivity contribution in [2.45, 2.75) is 33.1 Å². The van der Waals surface area contributed by atoms with Gasteiger partial charge in [-0.3, -0.25) is 9.59 Å². The van der Waals surface area contributed by atoms with Crippen molar-refractivity contribution in [1.29, 1.82) is 0 Å². The number of anilines is 2. The van der Waals surface area contributed by atoms with Crippen LogP contribution in [0.1, 0.15) is 38.7 Å². The minimum Gasteiger partial charge on any atom is -0.399 e. The fourth-order valence-corrected chi connectivity index (χ4v) is 3.06. The first kappa shape index (κ1) is 20.3. The van der Waals surface area contributed by atoms with E-state index >= 15 is 0 Å². The maximum atomic E-state index is 13.2. The Balaban J connectivity index is 2.46. The highest BCUT2D eigenvalue weighted by Gasteiger charge is 2.31. The Morgan fingerprint density at radius 1 is 1.00 bits per heavy atom. The van der Waals surface area contributed by atoms with Crippen molar-refractivity contribution in [2.75, 3.05) is 10.6 Å². The van der Waals surface area contributed by atoms with Gasteiger partial charge in [-0.25, -0.2) is 4.90 Å². The maximum absolute atomic E-state index is 13.2. The summed E-state index contributed by atoms with van der Waals surface area (Å²) in [4.78, 5) is 27.3. The molecule has 6 heteroatoms. The smallest absolute Gasteiger partial charge is 0.241 e. The number of hydrogen-bond donors (Lipinski definition) is 1. The van der Waals surface area contributed by atoms with Crippen molar-refractivity contribution in [3.05, 3.63) is 58.1 Å². The molecule has 2 rings (SSSR count). The lowest BCUT2D eigenvalue weighted by molar-refractivity contribution is -0.129. The van der Waals surface area contributed by atoms with Gasteiger partial charge in [-0.2, -0.15) is 0 Å². The van der Waals surface area contributed by atoms with Gasteiger partial charge < -0.3 is 5.73 Å². The van der Waals surface area contributed by atoms with Crippen LogP contribution in [-0.4, -0.2) is 11.8 Å². The zero-order valence-corrected chi connectivity index (χ0v) is 16.5. The molecule has 2 aromatic carbocycles. The Morgan fingerprint density at radius 2 is 1.54 bits per heavy atom. The van der Waals surface area contributed by atoms with Crippen molar-refractivity contribution in [2.24, 2.45) is 5.92 Å². The van der Waals surface area contributed by atoms with E-state index in [1.165, 1.54) is 4.90 Å². The monoisotopic (exact) mass is 392 g/mol. The first-order chi connectivity index (χ1) is 12.2. The molecule has 4 nitrogen and oxygen atoms in total. The molecule has 0 spiro atoms. The number of imide groups is 1. The van der Waals surface area contributed by atoms with Gasteiger partial charge in [0, 0.05) is 21.7 Å². The van der Waals surface area contributed by atoms with Crippen molar-refractivity contribution in [3.63, 3.8) is 0 Å². The van der Waals surface area contributed by atoms with E-state index in [4.69, 9.17) is 28.9 Å². The summed E-state index contributed by atoms with van der Waals surface area (Å²) in [6.07, 6.45) is 0.618. The maximum Gasteiger partial charge on any atom is 0.241 e. The third-order valence-corrected chi connectivity index (χ3v) is 4.82. The molecular formula is C20H22Cl2N2O2. The molecule has 26 heavy (non-hydrogen) atoms. The van der Waals surface area contributed by atoms with Crippen molar-refractivity contribution in [1.82, 2.24) is 0 Å². The van der Waals surface area contributed by atoms with E-state index in [1.807, 2.05) is 6.92 Å². The average Bonchev–Trinajstić information content (AvgIpc) is 2.60. The Morgan fingerprint density at radius 3 is 2.04 bits per heavy atom. The molecule has 2 unspecified atom stereocenters. The van der Waals surface area contributed by atoms with E-state index in [0.717, 1.165) is 5.56 Å². The number of carbonyl (C=O) groups is 2. The van der Waals surface area contributed by atoms with Gasteiger partial charge in [0.15, 0.2) is 0 Å². The SMILES string of the molecule is CCC(C)C(=O)N(C(=O)C(C)c1ccc(N)cc1)c1cc(Cl)cc(Cl)c1. The van der Waals surface area contributed by atoms with Crippen LogP contribution in [-0.2, 0) is 9.59 Å². The zero-order valence-electron chi connectivity index (χ0n) is 15.0. The molecule has 0 saturated carbocycles. The third kappa shape index (κ3) is 4.57. The Kier molecular flexibility index (Phi) is 6.68. The molecule has 0 bridgehead atoms. The summed E-state index contributed by atoms with van der Waals surface area (Å²) in [6, 6.07) is 11.7. The number of rotatable bonds is 5. The number of halogens is 2. The highest BCUT2D eigenvalue weighted by Crippen LogP contribution is 2.30. The summed E-state index contributed by atoms with van der Waals surface area (Å²) < 4.78 is 0. The molecular weight excluding hydrogens is 371 g/mol. The number of hydrogen-bond acceptors (Lipinski definition) is 3. The standard InChI is InChI=1S/C20H22Cl2N2O2/c1-4-12(2)19(25)24(18-10-15(21)9-16(22)11-18)20(26)13(3)14-5-7-17(23)8-6-14/h5-13H,4,23H2,1-3H3. The lowest BCUT2D eigenvalue weighted by Crippen LogP contribution is -2.42. The minimum absolute atomic E-state index is 0.280. The highest BCUT2D eigenvalue weighted by atomic mass is 35.5. The van der Waals surface area contributed by atoms with E-state index in [-0.39, 0.29) is 17.7 Å². The average molecular weight is 393 g/mol. The normalized spacial score (nSPS) is 13.1. The predicted molar refractivity (Wildman–Crippen MR) is 108 cm³/mol. The van der Waals surface area contributed by atoms with Crippen molar-refractivity contribution < 1.29 is 9.59 Å². The van der Waals surface area contributed by atoms with Crippen LogP contribution in [0.15, 0.2) is 42.5 Å². The predicted octanol–water partition coefficient (Wildman–Crippen LogP) is 5.29. The highest BCUT2D eigenvalue weighted by molar-refractivity contribution is 6.35. The van der Waals surface area contributed by atoms with Crippen LogP contribution in [0.25, 0.3) is 0 Å². The summed E-state index contributed by atoms with van der Waals surface area (Å²) in [7, 11) is 0. The summed E-state index contributed by atoms with van der Waals surface area (Å²) in [6.45, 7) is 5.46. The minimum atomic E-state index is -0.527. The molecule has 0 radical (unpaired) electrons. The van der Waals surface area contributed by atoms with Crippen LogP contribution in [0.3, 0.4) is 0 Å². The second-order valence-corrected chi connectivity index (χ2v) is 7.21. The molecule has 0 fully saturated rings. The fourth-order valence-electron chi connectivity index (χ4n) is 2.55. The Bertz CT molecular complexity index is 786. The van der Waals surface area contributed by atoms with Crippen molar-refractivity contribution >= 4 is 46.4 Å². The van der Waals surface area contributed by atoms with Gasteiger partial charge in [-0.1, -0.05) is 49.2 Å². The van der Waals surface area contributed by atoms with Crippen LogP contribution in [0.2, 0.25) is 10.0 Å². The van der Waals surface area contributed by atoms with Crippen LogP contribution in [0.5, 0.6) is 0 Å². The molecule has 2 aromatic rings. The van der Waals surface area contributed by atoms with E-state index in [9.17, 15) is 9.59 Å². The second-order valence-electron chi connectivity index (χ2n) is 6.34. The number of carbonyl (C=O) groups excluding carboxylic acids is 2. The van der Waals surface area contributed by atoms with Gasteiger partial charge in [-0.15, -0.1) is 0 Å². The first-order valence-corrected chi connectivity index (χ1v) is 9.19. The van der Waals surface area contributed by atoms with E-state index in [2.05, 4.69) is 0 Å². The third-order valence-electron chi connectivity index (χ3n) is 4.39. The summed E-state index contributed by atoms with van der Waals surface area (Å²) in [5, 5.41) is 0.727. The molecule has 0 saturated heterocycles. The molecule has 0 heterocycles. The lowest BCUT2D eigenvalue weighted by Gasteiger charge is -2.27. The number of nitrogen functional groups attached to an aromatic ring is 1. The molecule has 0 aliphatic rings. The topological polar surface area (TPSA) is 63.4 Å².